The number of amides is 1. The molecular formula is C22H16ClN5OS2. The molecule has 1 aromatic heterocycles. The Morgan fingerprint density at radius 1 is 0.968 bits per heavy atom. The molecule has 4 aromatic rings. The Morgan fingerprint density at radius 3 is 2.32 bits per heavy atom. The Morgan fingerprint density at radius 2 is 1.65 bits per heavy atom. The number of nitrogens with two attached hydrogens (primary N) is 1. The fourth-order valence-corrected chi connectivity index (χ4v) is 5.32. The second-order valence-corrected chi connectivity index (χ2v) is 9.20. The van der Waals surface area contributed by atoms with E-state index < -0.39 is 0 Å². The zero-order valence-corrected chi connectivity index (χ0v) is 18.5. The number of para-hydroxylation sites is 2. The van der Waals surface area contributed by atoms with Crippen molar-refractivity contribution in [3.63, 3.8) is 0 Å². The normalized spacial score (nSPS) is 12.4. The number of nitrogens with zero attached hydrogens (tertiary/aromatic N) is 4. The number of thioether (sulfide) groups is 1. The summed E-state index contributed by atoms with van der Waals surface area (Å²) in [5, 5.41) is 9.37. The molecule has 2 N–H and O–H groups in total. The van der Waals surface area contributed by atoms with Gasteiger partial charge in [-0.2, -0.15) is 0 Å². The first kappa shape index (κ1) is 20.0. The van der Waals surface area contributed by atoms with Crippen LogP contribution in [-0.4, -0.2) is 26.5 Å². The molecule has 0 radical (unpaired) electrons. The van der Waals surface area contributed by atoms with Crippen molar-refractivity contribution in [2.45, 2.75) is 14.9 Å². The largest absolute Gasteiger partial charge is 0.335 e. The summed E-state index contributed by atoms with van der Waals surface area (Å²) in [5.74, 6) is 6.80. The summed E-state index contributed by atoms with van der Waals surface area (Å²) in [7, 11) is 0. The highest BCUT2D eigenvalue weighted by molar-refractivity contribution is 8.00. The Labute approximate surface area is 192 Å². The van der Waals surface area contributed by atoms with Crippen molar-refractivity contribution in [2.24, 2.45) is 0 Å². The number of aromatic nitrogens is 3. The van der Waals surface area contributed by atoms with Crippen LogP contribution in [0, 0.1) is 0 Å². The van der Waals surface area contributed by atoms with Crippen LogP contribution in [0.3, 0.4) is 0 Å². The lowest BCUT2D eigenvalue weighted by Gasteiger charge is -2.30. The van der Waals surface area contributed by atoms with Gasteiger partial charge in [0.1, 0.15) is 0 Å². The van der Waals surface area contributed by atoms with Crippen LogP contribution >= 0.6 is 35.1 Å². The molecule has 3 aromatic carbocycles. The molecule has 0 fully saturated rings. The predicted molar refractivity (Wildman–Crippen MR) is 125 cm³/mol. The van der Waals surface area contributed by atoms with E-state index in [1.165, 1.54) is 16.4 Å². The molecule has 31 heavy (non-hydrogen) atoms. The van der Waals surface area contributed by atoms with Gasteiger partial charge in [0.25, 0.3) is 0 Å². The van der Waals surface area contributed by atoms with Crippen LogP contribution in [0.15, 0.2) is 87.7 Å². The van der Waals surface area contributed by atoms with Gasteiger partial charge in [-0.15, -0.1) is 10.2 Å². The number of hydrogen-bond donors (Lipinski definition) is 1. The lowest BCUT2D eigenvalue weighted by atomic mass is 10.2. The highest BCUT2D eigenvalue weighted by atomic mass is 35.5. The van der Waals surface area contributed by atoms with Crippen molar-refractivity contribution in [2.75, 3.05) is 16.5 Å². The van der Waals surface area contributed by atoms with Crippen LogP contribution in [0.1, 0.15) is 0 Å². The maximum absolute atomic E-state index is 13.3. The van der Waals surface area contributed by atoms with Crippen LogP contribution in [0.25, 0.3) is 11.4 Å². The molecule has 0 saturated carbocycles. The minimum atomic E-state index is -0.0579. The smallest absolute Gasteiger partial charge is 0.242 e. The van der Waals surface area contributed by atoms with Crippen molar-refractivity contribution in [3.8, 4) is 11.4 Å². The Hall–Kier alpha value is -2.94. The summed E-state index contributed by atoms with van der Waals surface area (Å²) in [6.07, 6.45) is 0. The van der Waals surface area contributed by atoms with Crippen LogP contribution in [0.2, 0.25) is 5.02 Å². The summed E-state index contributed by atoms with van der Waals surface area (Å²) in [6.45, 7) is 0. The highest BCUT2D eigenvalue weighted by Crippen LogP contribution is 2.48. The summed E-state index contributed by atoms with van der Waals surface area (Å²) >= 11 is 8.99. The number of anilines is 2. The molecular weight excluding hydrogens is 450 g/mol. The molecule has 0 spiro atoms. The molecule has 0 atom stereocenters. The molecule has 1 aliphatic heterocycles. The van der Waals surface area contributed by atoms with Gasteiger partial charge >= 0.3 is 0 Å². The van der Waals surface area contributed by atoms with Crippen LogP contribution in [0.5, 0.6) is 0 Å². The second kappa shape index (κ2) is 8.30. The predicted octanol–water partition coefficient (Wildman–Crippen LogP) is 5.23. The molecule has 154 valence electrons. The van der Waals surface area contributed by atoms with Gasteiger partial charge in [-0.3, -0.25) is 9.69 Å². The van der Waals surface area contributed by atoms with Gasteiger partial charge in [-0.1, -0.05) is 71.5 Å². The zero-order chi connectivity index (χ0) is 21.4. The first-order valence-electron chi connectivity index (χ1n) is 9.40. The number of fused-ring (bicyclic) bond motifs is 2. The van der Waals surface area contributed by atoms with E-state index in [2.05, 4.69) is 10.2 Å². The molecule has 5 rings (SSSR count). The van der Waals surface area contributed by atoms with E-state index in [0.717, 1.165) is 26.7 Å². The minimum Gasteiger partial charge on any atom is -0.335 e. The first-order chi connectivity index (χ1) is 15.1. The molecule has 0 saturated heterocycles. The van der Waals surface area contributed by atoms with Crippen molar-refractivity contribution < 1.29 is 4.79 Å². The summed E-state index contributed by atoms with van der Waals surface area (Å²) < 4.78 is 1.39. The fraction of sp³-hybridized carbons (Fsp3) is 0.0455. The maximum Gasteiger partial charge on any atom is 0.242 e. The van der Waals surface area contributed by atoms with E-state index in [-0.39, 0.29) is 11.7 Å². The van der Waals surface area contributed by atoms with E-state index in [4.69, 9.17) is 17.4 Å². The molecule has 1 amide bonds. The quantitative estimate of drug-likeness (QED) is 0.328. The number of halogens is 1. The van der Waals surface area contributed by atoms with Crippen molar-refractivity contribution in [3.05, 3.63) is 77.8 Å². The third kappa shape index (κ3) is 3.78. The van der Waals surface area contributed by atoms with Crippen LogP contribution < -0.4 is 10.7 Å². The Balaban J connectivity index is 1.40. The number of carbonyl (C=O) groups excluding carboxylic acids is 1. The maximum atomic E-state index is 13.3. The Bertz CT molecular complexity index is 1250. The van der Waals surface area contributed by atoms with Crippen LogP contribution in [0.4, 0.5) is 11.4 Å². The molecule has 0 bridgehead atoms. The second-order valence-electron chi connectivity index (χ2n) is 6.74. The Kier molecular flexibility index (Phi) is 5.35. The number of rotatable bonds is 4. The van der Waals surface area contributed by atoms with E-state index in [1.807, 2.05) is 60.7 Å². The lowest BCUT2D eigenvalue weighted by Crippen LogP contribution is -2.30. The molecule has 0 aliphatic carbocycles. The van der Waals surface area contributed by atoms with Gasteiger partial charge in [-0.05, 0) is 36.4 Å². The number of hydrogen-bond acceptors (Lipinski definition) is 6. The standard InChI is InChI=1S/C22H16ClN5OS2/c23-15-7-5-6-14(12-15)21-25-26-22(28(21)24)30-13-20(29)27-16-8-1-3-10-18(16)31-19-11-4-2-9-17(19)27/h1-12H,13,24H2. The summed E-state index contributed by atoms with van der Waals surface area (Å²) in [6, 6.07) is 23.0. The molecule has 0 unspecified atom stereocenters. The van der Waals surface area contributed by atoms with Crippen molar-refractivity contribution in [1.82, 2.24) is 14.9 Å². The molecule has 1 aliphatic rings. The van der Waals surface area contributed by atoms with Crippen molar-refractivity contribution >= 4 is 52.4 Å². The monoisotopic (exact) mass is 465 g/mol. The molecule has 2 heterocycles. The van der Waals surface area contributed by atoms with E-state index in [1.54, 1.807) is 28.8 Å². The van der Waals surface area contributed by atoms with Gasteiger partial charge in [-0.25, -0.2) is 4.68 Å². The lowest BCUT2D eigenvalue weighted by molar-refractivity contribution is -0.115. The molecule has 9 heteroatoms. The highest BCUT2D eigenvalue weighted by Gasteiger charge is 2.28. The van der Waals surface area contributed by atoms with Gasteiger partial charge in [0.2, 0.25) is 11.1 Å². The molecule has 6 nitrogen and oxygen atoms in total. The van der Waals surface area contributed by atoms with E-state index >= 15 is 0 Å². The van der Waals surface area contributed by atoms with E-state index in [0.29, 0.717) is 16.0 Å². The number of carbonyl (C=O) groups is 1. The third-order valence-electron chi connectivity index (χ3n) is 4.75. The van der Waals surface area contributed by atoms with Crippen LogP contribution in [-0.2, 0) is 4.79 Å². The topological polar surface area (TPSA) is 77.0 Å². The summed E-state index contributed by atoms with van der Waals surface area (Å²) in [5.41, 5.74) is 2.52. The van der Waals surface area contributed by atoms with E-state index in [9.17, 15) is 4.79 Å². The average molecular weight is 466 g/mol. The fourth-order valence-electron chi connectivity index (χ4n) is 3.36. The van der Waals surface area contributed by atoms with Crippen molar-refractivity contribution in [1.29, 1.82) is 0 Å². The average Bonchev–Trinajstić information content (AvgIpc) is 3.16. The van der Waals surface area contributed by atoms with Gasteiger partial charge in [0.15, 0.2) is 5.82 Å². The summed E-state index contributed by atoms with van der Waals surface area (Å²) in [4.78, 5) is 17.2. The third-order valence-corrected chi connectivity index (χ3v) is 7.05. The first-order valence-corrected chi connectivity index (χ1v) is 11.6. The van der Waals surface area contributed by atoms with Gasteiger partial charge in [0.05, 0.1) is 17.1 Å². The number of nitrogen functional groups attached to an aromatic ring is 1. The van der Waals surface area contributed by atoms with Gasteiger partial charge < -0.3 is 5.84 Å². The zero-order valence-electron chi connectivity index (χ0n) is 16.1. The van der Waals surface area contributed by atoms with Gasteiger partial charge in [0, 0.05) is 20.4 Å². The SMILES string of the molecule is Nn1c(SCC(=O)N2c3ccccc3Sc3ccccc32)nnc1-c1cccc(Cl)c1. The number of benzene rings is 3. The minimum absolute atomic E-state index is 0.0579.